The number of para-hydroxylation sites is 2. The molecular weight excluding hydrogens is 352 g/mol. The van der Waals surface area contributed by atoms with Crippen molar-refractivity contribution in [1.82, 2.24) is 25.1 Å². The van der Waals surface area contributed by atoms with Gasteiger partial charge in [-0.1, -0.05) is 19.1 Å². The molecule has 1 amide bonds. The number of benzene rings is 1. The average molecular weight is 383 g/mol. The van der Waals surface area contributed by atoms with E-state index in [1.54, 1.807) is 0 Å². The number of fused-ring (bicyclic) bond motifs is 1. The molecule has 28 heavy (non-hydrogen) atoms. The van der Waals surface area contributed by atoms with Gasteiger partial charge >= 0.3 is 0 Å². The lowest BCUT2D eigenvalue weighted by Crippen LogP contribution is -2.51. The van der Waals surface area contributed by atoms with Crippen molar-refractivity contribution in [2.75, 3.05) is 50.7 Å². The van der Waals surface area contributed by atoms with Gasteiger partial charge in [0.2, 0.25) is 11.9 Å². The summed E-state index contributed by atoms with van der Waals surface area (Å²) >= 11 is 0. The van der Waals surface area contributed by atoms with Gasteiger partial charge < -0.3 is 20.1 Å². The Balaban J connectivity index is 1.15. The first kappa shape index (κ1) is 17.9. The van der Waals surface area contributed by atoms with Gasteiger partial charge in [-0.25, -0.2) is 4.98 Å². The van der Waals surface area contributed by atoms with Crippen LogP contribution in [0.25, 0.3) is 11.0 Å². The minimum Gasteiger partial charge on any atom is -0.341 e. The van der Waals surface area contributed by atoms with Crippen LogP contribution in [0.2, 0.25) is 0 Å². The summed E-state index contributed by atoms with van der Waals surface area (Å²) in [5.74, 6) is 1.93. The van der Waals surface area contributed by atoms with E-state index in [1.165, 1.54) is 0 Å². The largest absolute Gasteiger partial charge is 0.341 e. The zero-order chi connectivity index (χ0) is 19.1. The van der Waals surface area contributed by atoms with E-state index in [-0.39, 0.29) is 6.04 Å². The first-order valence-corrected chi connectivity index (χ1v) is 10.6. The summed E-state index contributed by atoms with van der Waals surface area (Å²) in [4.78, 5) is 27.9. The van der Waals surface area contributed by atoms with Crippen molar-refractivity contribution in [2.24, 2.45) is 5.92 Å². The van der Waals surface area contributed by atoms with E-state index in [4.69, 9.17) is 4.98 Å². The number of aromatic amines is 1. The Bertz CT molecular complexity index is 809. The molecule has 150 valence electrons. The third-order valence-corrected chi connectivity index (χ3v) is 6.65. The number of nitrogens with zero attached hydrogens (tertiary/aromatic N) is 4. The topological polar surface area (TPSA) is 67.5 Å². The van der Waals surface area contributed by atoms with E-state index >= 15 is 0 Å². The van der Waals surface area contributed by atoms with E-state index in [0.717, 1.165) is 75.6 Å². The summed E-state index contributed by atoms with van der Waals surface area (Å²) in [5, 5.41) is 3.49. The van der Waals surface area contributed by atoms with Crippen LogP contribution in [0.5, 0.6) is 0 Å². The summed E-state index contributed by atoms with van der Waals surface area (Å²) in [6, 6.07) is 8.66. The van der Waals surface area contributed by atoms with Crippen LogP contribution in [-0.4, -0.2) is 83.6 Å². The number of carbonyl (C=O) groups excluding carboxylic acids is 1. The van der Waals surface area contributed by atoms with E-state index < -0.39 is 0 Å². The Labute approximate surface area is 166 Å². The zero-order valence-corrected chi connectivity index (χ0v) is 16.6. The molecule has 0 saturated carbocycles. The number of piperazine rings is 1. The standard InChI is InChI=1S/C21H30N6O/c1-15-6-7-27(14-15)20(28)19-12-16(13-22-19)25-8-10-26(11-9-25)21-23-17-4-2-3-5-18(17)24-21/h2-5,15-16,19,22H,6-14H2,1H3,(H,23,24)/t15?,16-,19-/m0/s1. The fourth-order valence-corrected chi connectivity index (χ4v) is 4.93. The number of amides is 1. The van der Waals surface area contributed by atoms with Crippen LogP contribution in [0.15, 0.2) is 24.3 Å². The average Bonchev–Trinajstić information content (AvgIpc) is 3.46. The predicted molar refractivity (Wildman–Crippen MR) is 110 cm³/mol. The minimum absolute atomic E-state index is 0.00343. The molecular formula is C21H30N6O. The number of H-pyrrole nitrogens is 1. The first-order valence-electron chi connectivity index (χ1n) is 10.6. The monoisotopic (exact) mass is 382 g/mol. The van der Waals surface area contributed by atoms with Gasteiger partial charge in [0.25, 0.3) is 0 Å². The number of likely N-dealkylation sites (tertiary alicyclic amines) is 1. The maximum atomic E-state index is 12.8. The Morgan fingerprint density at radius 1 is 1.14 bits per heavy atom. The maximum Gasteiger partial charge on any atom is 0.239 e. The summed E-state index contributed by atoms with van der Waals surface area (Å²) < 4.78 is 0. The molecule has 7 nitrogen and oxygen atoms in total. The van der Waals surface area contributed by atoms with Crippen LogP contribution in [-0.2, 0) is 4.79 Å². The highest BCUT2D eigenvalue weighted by molar-refractivity contribution is 5.82. The van der Waals surface area contributed by atoms with E-state index in [0.29, 0.717) is 17.9 Å². The van der Waals surface area contributed by atoms with Gasteiger partial charge in [0, 0.05) is 51.9 Å². The van der Waals surface area contributed by atoms with Gasteiger partial charge in [0.05, 0.1) is 17.1 Å². The van der Waals surface area contributed by atoms with Gasteiger partial charge in [-0.2, -0.15) is 0 Å². The molecule has 4 heterocycles. The van der Waals surface area contributed by atoms with Crippen molar-refractivity contribution in [3.05, 3.63) is 24.3 Å². The van der Waals surface area contributed by atoms with E-state index in [9.17, 15) is 4.79 Å². The molecule has 3 saturated heterocycles. The number of aromatic nitrogens is 2. The maximum absolute atomic E-state index is 12.8. The number of carbonyl (C=O) groups is 1. The molecule has 0 aliphatic carbocycles. The lowest BCUT2D eigenvalue weighted by Gasteiger charge is -2.37. The summed E-state index contributed by atoms with van der Waals surface area (Å²) in [7, 11) is 0. The van der Waals surface area contributed by atoms with Crippen molar-refractivity contribution in [3.63, 3.8) is 0 Å². The fourth-order valence-electron chi connectivity index (χ4n) is 4.93. The number of imidazole rings is 1. The first-order chi connectivity index (χ1) is 13.7. The number of rotatable bonds is 3. The van der Waals surface area contributed by atoms with Crippen LogP contribution < -0.4 is 10.2 Å². The van der Waals surface area contributed by atoms with Crippen molar-refractivity contribution in [3.8, 4) is 0 Å². The molecule has 3 fully saturated rings. The molecule has 3 atom stereocenters. The van der Waals surface area contributed by atoms with Crippen molar-refractivity contribution in [2.45, 2.75) is 31.8 Å². The minimum atomic E-state index is 0.00343. The van der Waals surface area contributed by atoms with Gasteiger partial charge in [-0.05, 0) is 30.9 Å². The summed E-state index contributed by atoms with van der Waals surface area (Å²) in [5.41, 5.74) is 2.12. The Morgan fingerprint density at radius 2 is 1.96 bits per heavy atom. The van der Waals surface area contributed by atoms with Gasteiger partial charge in [0.15, 0.2) is 0 Å². The molecule has 0 spiro atoms. The third-order valence-electron chi connectivity index (χ3n) is 6.65. The van der Waals surface area contributed by atoms with Crippen molar-refractivity contribution < 1.29 is 4.79 Å². The number of hydrogen-bond donors (Lipinski definition) is 2. The molecule has 0 bridgehead atoms. The Morgan fingerprint density at radius 3 is 2.71 bits per heavy atom. The molecule has 1 aromatic heterocycles. The fraction of sp³-hybridized carbons (Fsp3) is 0.619. The second-order valence-electron chi connectivity index (χ2n) is 8.63. The second-order valence-corrected chi connectivity index (χ2v) is 8.63. The Kier molecular flexibility index (Phi) is 4.72. The van der Waals surface area contributed by atoms with Crippen LogP contribution in [0.3, 0.4) is 0 Å². The molecule has 2 aromatic rings. The Hall–Kier alpha value is -2.12. The lowest BCUT2D eigenvalue weighted by molar-refractivity contribution is -0.132. The summed E-state index contributed by atoms with van der Waals surface area (Å²) in [6.07, 6.45) is 2.08. The quantitative estimate of drug-likeness (QED) is 0.837. The second kappa shape index (κ2) is 7.37. The van der Waals surface area contributed by atoms with Crippen LogP contribution in [0.4, 0.5) is 5.95 Å². The van der Waals surface area contributed by atoms with Crippen molar-refractivity contribution in [1.29, 1.82) is 0 Å². The summed E-state index contributed by atoms with van der Waals surface area (Å²) in [6.45, 7) is 8.99. The zero-order valence-electron chi connectivity index (χ0n) is 16.6. The van der Waals surface area contributed by atoms with Crippen LogP contribution in [0.1, 0.15) is 19.8 Å². The van der Waals surface area contributed by atoms with E-state index in [2.05, 4.69) is 38.0 Å². The highest BCUT2D eigenvalue weighted by atomic mass is 16.2. The smallest absolute Gasteiger partial charge is 0.239 e. The number of hydrogen-bond acceptors (Lipinski definition) is 5. The molecule has 5 rings (SSSR count). The lowest BCUT2D eigenvalue weighted by atomic mass is 10.1. The third kappa shape index (κ3) is 3.37. The van der Waals surface area contributed by atoms with E-state index in [1.807, 2.05) is 18.2 Å². The molecule has 3 aliphatic rings. The predicted octanol–water partition coefficient (Wildman–Crippen LogP) is 1.28. The van der Waals surface area contributed by atoms with Crippen molar-refractivity contribution >= 4 is 22.9 Å². The SMILES string of the molecule is CC1CCN(C(=O)[C@@H]2C[C@H](N3CCN(c4nc5ccccc5[nH]4)CC3)CN2)C1. The molecule has 7 heteroatoms. The molecule has 1 unspecified atom stereocenters. The van der Waals surface area contributed by atoms with Crippen LogP contribution in [0, 0.1) is 5.92 Å². The van der Waals surface area contributed by atoms with Gasteiger partial charge in [-0.15, -0.1) is 0 Å². The number of anilines is 1. The van der Waals surface area contributed by atoms with Gasteiger partial charge in [-0.3, -0.25) is 9.69 Å². The molecule has 2 N–H and O–H groups in total. The normalized spacial score (nSPS) is 29.1. The molecule has 3 aliphatic heterocycles. The van der Waals surface area contributed by atoms with Gasteiger partial charge in [0.1, 0.15) is 0 Å². The van der Waals surface area contributed by atoms with Crippen LogP contribution >= 0.6 is 0 Å². The molecule has 1 aromatic carbocycles. The number of nitrogens with one attached hydrogen (secondary N) is 2. The highest BCUT2D eigenvalue weighted by Gasteiger charge is 2.37. The molecule has 0 radical (unpaired) electrons. The highest BCUT2D eigenvalue weighted by Crippen LogP contribution is 2.23.